The number of morpholine rings is 1. The molecule has 0 aromatic carbocycles. The Bertz CT molecular complexity index is 328. The van der Waals surface area contributed by atoms with Gasteiger partial charge in [0.2, 0.25) is 5.91 Å². The van der Waals surface area contributed by atoms with E-state index in [1.54, 1.807) is 18.7 Å². The molecule has 0 saturated carbocycles. The zero-order chi connectivity index (χ0) is 12.6. The summed E-state index contributed by atoms with van der Waals surface area (Å²) in [7, 11) is 0. The molecular weight excluding hydrogens is 204 g/mol. The van der Waals surface area contributed by atoms with Crippen molar-refractivity contribution in [2.24, 2.45) is 5.41 Å². The fraction of sp³-hybridized carbons (Fsp3) is 0.833. The maximum absolute atomic E-state index is 12.1. The van der Waals surface area contributed by atoms with Gasteiger partial charge in [0.1, 0.15) is 5.41 Å². The molecule has 0 aliphatic carbocycles. The summed E-state index contributed by atoms with van der Waals surface area (Å²) >= 11 is 0. The van der Waals surface area contributed by atoms with Crippen LogP contribution in [0.3, 0.4) is 0 Å². The van der Waals surface area contributed by atoms with Gasteiger partial charge in [0.25, 0.3) is 0 Å². The van der Waals surface area contributed by atoms with Crippen LogP contribution in [0, 0.1) is 16.7 Å². The molecule has 1 fully saturated rings. The first-order chi connectivity index (χ1) is 7.18. The molecule has 1 atom stereocenters. The van der Waals surface area contributed by atoms with Crippen molar-refractivity contribution < 1.29 is 9.53 Å². The highest BCUT2D eigenvalue weighted by molar-refractivity contribution is 5.84. The van der Waals surface area contributed by atoms with Crippen molar-refractivity contribution in [1.29, 1.82) is 5.26 Å². The largest absolute Gasteiger partial charge is 0.369 e. The van der Waals surface area contributed by atoms with E-state index in [1.165, 1.54) is 0 Å². The van der Waals surface area contributed by atoms with Crippen molar-refractivity contribution in [3.05, 3.63) is 0 Å². The SMILES string of the molecule is C[C@H]1CN(C(=O)C(C)(C)C#N)CC(C)(C)O1. The Morgan fingerprint density at radius 1 is 1.56 bits per heavy atom. The summed E-state index contributed by atoms with van der Waals surface area (Å²) in [4.78, 5) is 13.9. The highest BCUT2D eigenvalue weighted by Crippen LogP contribution is 2.25. The van der Waals surface area contributed by atoms with Crippen LogP contribution in [0.5, 0.6) is 0 Å². The highest BCUT2D eigenvalue weighted by Gasteiger charge is 2.39. The Balaban J connectivity index is 2.82. The van der Waals surface area contributed by atoms with Crippen LogP contribution in [0.2, 0.25) is 0 Å². The van der Waals surface area contributed by atoms with Crippen molar-refractivity contribution in [1.82, 2.24) is 4.90 Å². The first kappa shape index (κ1) is 13.0. The topological polar surface area (TPSA) is 53.3 Å². The monoisotopic (exact) mass is 224 g/mol. The first-order valence-corrected chi connectivity index (χ1v) is 5.56. The average Bonchev–Trinajstić information content (AvgIpc) is 2.13. The van der Waals surface area contributed by atoms with Gasteiger partial charge in [0, 0.05) is 13.1 Å². The molecule has 0 aromatic rings. The molecule has 16 heavy (non-hydrogen) atoms. The lowest BCUT2D eigenvalue weighted by Crippen LogP contribution is -2.56. The van der Waals surface area contributed by atoms with E-state index in [-0.39, 0.29) is 17.6 Å². The molecule has 4 heteroatoms. The van der Waals surface area contributed by atoms with Crippen LogP contribution in [-0.4, -0.2) is 35.6 Å². The minimum Gasteiger partial charge on any atom is -0.369 e. The quantitative estimate of drug-likeness (QED) is 0.679. The number of amides is 1. The summed E-state index contributed by atoms with van der Waals surface area (Å²) in [6.45, 7) is 10.3. The third kappa shape index (κ3) is 2.73. The maximum atomic E-state index is 12.1. The van der Waals surface area contributed by atoms with E-state index in [4.69, 9.17) is 10.00 Å². The predicted molar refractivity (Wildman–Crippen MR) is 60.6 cm³/mol. The lowest BCUT2D eigenvalue weighted by atomic mass is 9.92. The molecule has 0 radical (unpaired) electrons. The van der Waals surface area contributed by atoms with E-state index in [0.29, 0.717) is 13.1 Å². The fourth-order valence-electron chi connectivity index (χ4n) is 2.05. The van der Waals surface area contributed by atoms with Crippen LogP contribution in [0.1, 0.15) is 34.6 Å². The molecule has 1 aliphatic heterocycles. The van der Waals surface area contributed by atoms with Gasteiger partial charge in [0.15, 0.2) is 0 Å². The molecule has 1 heterocycles. The van der Waals surface area contributed by atoms with Crippen LogP contribution in [0.25, 0.3) is 0 Å². The van der Waals surface area contributed by atoms with Gasteiger partial charge >= 0.3 is 0 Å². The third-order valence-electron chi connectivity index (χ3n) is 2.67. The Morgan fingerprint density at radius 2 is 2.12 bits per heavy atom. The second-order valence-electron chi connectivity index (χ2n) is 5.61. The molecule has 1 aliphatic rings. The summed E-state index contributed by atoms with van der Waals surface area (Å²) in [5.41, 5.74) is -1.29. The lowest BCUT2D eigenvalue weighted by Gasteiger charge is -2.43. The van der Waals surface area contributed by atoms with Crippen LogP contribution < -0.4 is 0 Å². The van der Waals surface area contributed by atoms with Gasteiger partial charge in [-0.05, 0) is 34.6 Å². The third-order valence-corrected chi connectivity index (χ3v) is 2.67. The fourth-order valence-corrected chi connectivity index (χ4v) is 2.05. The summed E-state index contributed by atoms with van der Waals surface area (Å²) < 4.78 is 5.72. The lowest BCUT2D eigenvalue weighted by molar-refractivity contribution is -0.163. The van der Waals surface area contributed by atoms with Gasteiger partial charge in [-0.1, -0.05) is 0 Å². The summed E-state index contributed by atoms with van der Waals surface area (Å²) in [6, 6.07) is 2.05. The van der Waals surface area contributed by atoms with Gasteiger partial charge in [-0.25, -0.2) is 0 Å². The van der Waals surface area contributed by atoms with E-state index < -0.39 is 5.41 Å². The number of nitriles is 1. The van der Waals surface area contributed by atoms with Gasteiger partial charge in [0.05, 0.1) is 17.8 Å². The van der Waals surface area contributed by atoms with E-state index in [2.05, 4.69) is 0 Å². The van der Waals surface area contributed by atoms with E-state index in [0.717, 1.165) is 0 Å². The minimum atomic E-state index is -0.951. The smallest absolute Gasteiger partial charge is 0.242 e. The number of hydrogen-bond acceptors (Lipinski definition) is 3. The van der Waals surface area contributed by atoms with E-state index in [9.17, 15) is 4.79 Å². The molecule has 0 bridgehead atoms. The Labute approximate surface area is 97.2 Å². The molecular formula is C12H20N2O2. The molecule has 4 nitrogen and oxygen atoms in total. The molecule has 1 rings (SSSR count). The molecule has 1 saturated heterocycles. The van der Waals surface area contributed by atoms with Crippen molar-refractivity contribution in [2.75, 3.05) is 13.1 Å². The summed E-state index contributed by atoms with van der Waals surface area (Å²) in [5, 5.41) is 8.96. The number of rotatable bonds is 1. The predicted octanol–water partition coefficient (Wildman–Crippen LogP) is 1.56. The number of ether oxygens (including phenoxy) is 1. The maximum Gasteiger partial charge on any atom is 0.242 e. The molecule has 0 unspecified atom stereocenters. The van der Waals surface area contributed by atoms with Gasteiger partial charge in [-0.15, -0.1) is 0 Å². The van der Waals surface area contributed by atoms with Crippen LogP contribution >= 0.6 is 0 Å². The van der Waals surface area contributed by atoms with Crippen molar-refractivity contribution >= 4 is 5.91 Å². The van der Waals surface area contributed by atoms with Crippen LogP contribution in [-0.2, 0) is 9.53 Å². The number of nitrogens with zero attached hydrogens (tertiary/aromatic N) is 2. The Hall–Kier alpha value is -1.08. The van der Waals surface area contributed by atoms with Crippen molar-refractivity contribution in [3.8, 4) is 6.07 Å². The second-order valence-corrected chi connectivity index (χ2v) is 5.61. The molecule has 0 spiro atoms. The number of hydrogen-bond donors (Lipinski definition) is 0. The van der Waals surface area contributed by atoms with Gasteiger partial charge < -0.3 is 9.64 Å². The van der Waals surface area contributed by atoms with E-state index >= 15 is 0 Å². The summed E-state index contributed by atoms with van der Waals surface area (Å²) in [6.07, 6.45) is 0.0159. The van der Waals surface area contributed by atoms with Gasteiger partial charge in [-0.2, -0.15) is 5.26 Å². The molecule has 1 amide bonds. The molecule has 0 N–H and O–H groups in total. The van der Waals surface area contributed by atoms with E-state index in [1.807, 2.05) is 26.8 Å². The summed E-state index contributed by atoms with van der Waals surface area (Å²) in [5.74, 6) is -0.113. The zero-order valence-corrected chi connectivity index (χ0v) is 10.7. The minimum absolute atomic E-state index is 0.0159. The van der Waals surface area contributed by atoms with Crippen molar-refractivity contribution in [2.45, 2.75) is 46.3 Å². The molecule has 90 valence electrons. The molecule has 0 aromatic heterocycles. The van der Waals surface area contributed by atoms with Gasteiger partial charge in [-0.3, -0.25) is 4.79 Å². The van der Waals surface area contributed by atoms with Crippen LogP contribution in [0.15, 0.2) is 0 Å². The van der Waals surface area contributed by atoms with Crippen molar-refractivity contribution in [3.63, 3.8) is 0 Å². The second kappa shape index (κ2) is 4.06. The standard InChI is InChI=1S/C12H20N2O2/c1-9-6-14(8-12(4,5)16-9)10(15)11(2,3)7-13/h9H,6,8H2,1-5H3/t9-/m0/s1. The number of carbonyl (C=O) groups is 1. The zero-order valence-electron chi connectivity index (χ0n) is 10.7. The normalized spacial score (nSPS) is 25.0. The average molecular weight is 224 g/mol. The highest BCUT2D eigenvalue weighted by atomic mass is 16.5. The Kier molecular flexibility index (Phi) is 3.30. The Morgan fingerprint density at radius 3 is 2.56 bits per heavy atom. The number of carbonyl (C=O) groups excluding carboxylic acids is 1. The first-order valence-electron chi connectivity index (χ1n) is 5.56. The van der Waals surface area contributed by atoms with Crippen LogP contribution in [0.4, 0.5) is 0 Å².